The molecule has 15 heavy (non-hydrogen) atoms. The molecule has 0 unspecified atom stereocenters. The highest BCUT2D eigenvalue weighted by Crippen LogP contribution is 2.78. The molecule has 0 aliphatic carbocycles. The molecule has 0 amide bonds. The third kappa shape index (κ3) is 7.19. The summed E-state index contributed by atoms with van der Waals surface area (Å²) >= 11 is 7.77. The molecule has 0 aromatic rings. The van der Waals surface area contributed by atoms with Gasteiger partial charge in [-0.1, -0.05) is 53.3 Å². The molecule has 0 aromatic heterocycles. The van der Waals surface area contributed by atoms with Gasteiger partial charge in [0, 0.05) is 9.49 Å². The van der Waals surface area contributed by atoms with E-state index in [1.54, 1.807) is 0 Å². The van der Waals surface area contributed by atoms with E-state index in [0.29, 0.717) is 0 Å². The van der Waals surface area contributed by atoms with E-state index < -0.39 is 10.6 Å². The lowest BCUT2D eigenvalue weighted by Crippen LogP contribution is -2.12. The van der Waals surface area contributed by atoms with Crippen LogP contribution in [0, 0.1) is 0 Å². The van der Waals surface area contributed by atoms with Gasteiger partial charge in [0.15, 0.2) is 0 Å². The zero-order valence-electron chi connectivity index (χ0n) is 10.0. The average molecular weight is 292 g/mol. The van der Waals surface area contributed by atoms with Crippen molar-refractivity contribution in [2.75, 3.05) is 0 Å². The molecule has 0 atom stereocenters. The van der Waals surface area contributed by atoms with E-state index in [1.807, 2.05) is 41.5 Å². The molecular weight excluding hydrogens is 273 g/mol. The molecule has 0 bridgehead atoms. The summed E-state index contributed by atoms with van der Waals surface area (Å²) in [6, 6.07) is 0. The maximum atomic E-state index is 13.0. The van der Waals surface area contributed by atoms with Gasteiger partial charge in [-0.05, 0) is 0 Å². The molecule has 0 nitrogen and oxygen atoms in total. The quantitative estimate of drug-likeness (QED) is 0.623. The molecule has 0 aliphatic heterocycles. The fourth-order valence-electron chi connectivity index (χ4n) is 0.862. The highest BCUT2D eigenvalue weighted by Gasteiger charge is 2.38. The SMILES string of the molecule is CC(C)(C)SP(=S)(SC(C)(C)C)C(F)F. The van der Waals surface area contributed by atoms with Gasteiger partial charge in [0.2, 0.25) is 0 Å². The Morgan fingerprint density at radius 1 is 0.933 bits per heavy atom. The standard InChI is InChI=1S/C9H19F2PS3/c1-8(2,3)14-12(13,7(10)11)15-9(4,5)6/h7H,1-6H3. The Kier molecular flexibility index (Phi) is 5.66. The Morgan fingerprint density at radius 3 is 1.33 bits per heavy atom. The van der Waals surface area contributed by atoms with Crippen LogP contribution >= 0.6 is 27.2 Å². The Hall–Kier alpha value is 1.21. The first-order valence-corrected chi connectivity index (χ1v) is 10.4. The van der Waals surface area contributed by atoms with Crippen LogP contribution in [0.15, 0.2) is 0 Å². The highest BCUT2D eigenvalue weighted by molar-refractivity contribution is 9.01. The third-order valence-electron chi connectivity index (χ3n) is 1.04. The van der Waals surface area contributed by atoms with Crippen LogP contribution in [0.5, 0.6) is 0 Å². The molecule has 0 rings (SSSR count). The molecule has 6 heteroatoms. The summed E-state index contributed by atoms with van der Waals surface area (Å²) in [5, 5.41) is 0. The van der Waals surface area contributed by atoms with Gasteiger partial charge >= 0.3 is 0 Å². The molecule has 0 fully saturated rings. The van der Waals surface area contributed by atoms with Crippen molar-refractivity contribution in [3.8, 4) is 0 Å². The minimum atomic E-state index is -2.70. The van der Waals surface area contributed by atoms with E-state index in [-0.39, 0.29) is 9.49 Å². The predicted octanol–water partition coefficient (Wildman–Crippen LogP) is 5.58. The zero-order valence-corrected chi connectivity index (χ0v) is 13.3. The largest absolute Gasteiger partial charge is 0.281 e. The summed E-state index contributed by atoms with van der Waals surface area (Å²) in [6.07, 6.45) is -2.39. The van der Waals surface area contributed by atoms with Crippen LogP contribution in [0.4, 0.5) is 8.78 Å². The Bertz CT molecular complexity index is 233. The average Bonchev–Trinajstić information content (AvgIpc) is 1.75. The summed E-state index contributed by atoms with van der Waals surface area (Å²) in [4.78, 5) is 0. The first kappa shape index (κ1) is 16.2. The number of rotatable bonds is 3. The minimum absolute atomic E-state index is 0.204. The van der Waals surface area contributed by atoms with E-state index in [1.165, 1.54) is 22.8 Å². The second kappa shape index (κ2) is 5.24. The molecule has 0 spiro atoms. The highest BCUT2D eigenvalue weighted by atomic mass is 33.2. The van der Waals surface area contributed by atoms with Crippen molar-refractivity contribution in [1.29, 1.82) is 0 Å². The van der Waals surface area contributed by atoms with Crippen molar-refractivity contribution in [2.24, 2.45) is 0 Å². The Balaban J connectivity index is 4.86. The van der Waals surface area contributed by atoms with Gasteiger partial charge in [-0.25, -0.2) is 8.78 Å². The molecule has 0 radical (unpaired) electrons. The van der Waals surface area contributed by atoms with Gasteiger partial charge in [0.25, 0.3) is 6.17 Å². The van der Waals surface area contributed by atoms with E-state index in [0.717, 1.165) is 0 Å². The van der Waals surface area contributed by atoms with Crippen LogP contribution in [0.2, 0.25) is 0 Å². The predicted molar refractivity (Wildman–Crippen MR) is 75.0 cm³/mol. The van der Waals surface area contributed by atoms with Crippen LogP contribution in [-0.4, -0.2) is 15.7 Å². The van der Waals surface area contributed by atoms with Crippen LogP contribution in [0.1, 0.15) is 41.5 Å². The van der Waals surface area contributed by atoms with Crippen molar-refractivity contribution in [3.05, 3.63) is 0 Å². The normalized spacial score (nSPS) is 14.7. The topological polar surface area (TPSA) is 0 Å². The second-order valence-corrected chi connectivity index (χ2v) is 17.9. The van der Waals surface area contributed by atoms with Gasteiger partial charge in [0.05, 0.1) is 0 Å². The monoisotopic (exact) mass is 292 g/mol. The summed E-state index contributed by atoms with van der Waals surface area (Å²) in [7, 11) is 0. The maximum Gasteiger partial charge on any atom is 0.281 e. The van der Waals surface area contributed by atoms with Crippen LogP contribution in [0.3, 0.4) is 0 Å². The fourth-order valence-corrected chi connectivity index (χ4v) is 16.1. The van der Waals surface area contributed by atoms with Crippen molar-refractivity contribution >= 4 is 39.0 Å². The van der Waals surface area contributed by atoms with Crippen molar-refractivity contribution in [1.82, 2.24) is 0 Å². The van der Waals surface area contributed by atoms with Crippen LogP contribution in [-0.2, 0) is 11.8 Å². The number of hydrogen-bond acceptors (Lipinski definition) is 3. The number of halogens is 2. The van der Waals surface area contributed by atoms with Crippen molar-refractivity contribution < 1.29 is 8.78 Å². The third-order valence-corrected chi connectivity index (χ3v) is 12.1. The van der Waals surface area contributed by atoms with Gasteiger partial charge in [-0.3, -0.25) is 0 Å². The van der Waals surface area contributed by atoms with E-state index >= 15 is 0 Å². The molecule has 0 heterocycles. The summed E-state index contributed by atoms with van der Waals surface area (Å²) in [6.45, 7) is 11.6. The molecule has 0 saturated heterocycles. The van der Waals surface area contributed by atoms with Crippen molar-refractivity contribution in [3.63, 3.8) is 0 Å². The maximum absolute atomic E-state index is 13.0. The van der Waals surface area contributed by atoms with Crippen LogP contribution < -0.4 is 0 Å². The zero-order chi connectivity index (χ0) is 12.5. The van der Waals surface area contributed by atoms with Crippen LogP contribution in [0.25, 0.3) is 0 Å². The van der Waals surface area contributed by atoms with E-state index in [2.05, 4.69) is 0 Å². The van der Waals surface area contributed by atoms with E-state index in [9.17, 15) is 8.78 Å². The number of hydrogen-bond donors (Lipinski definition) is 0. The molecule has 0 aromatic carbocycles. The number of alkyl halides is 2. The summed E-state index contributed by atoms with van der Waals surface area (Å²) in [5.74, 6) is 0. The first-order chi connectivity index (χ1) is 6.36. The molecule has 0 aliphatic rings. The lowest BCUT2D eigenvalue weighted by Gasteiger charge is -2.32. The summed E-state index contributed by atoms with van der Waals surface area (Å²) in [5.41, 5.74) is 0. The van der Waals surface area contributed by atoms with Gasteiger partial charge in [-0.2, -0.15) is 0 Å². The second-order valence-electron chi connectivity index (χ2n) is 5.22. The molecule has 0 N–H and O–H groups in total. The van der Waals surface area contributed by atoms with Gasteiger partial charge in [-0.15, -0.1) is 22.8 Å². The van der Waals surface area contributed by atoms with Crippen molar-refractivity contribution in [2.45, 2.75) is 57.2 Å². The Labute approximate surface area is 105 Å². The lowest BCUT2D eigenvalue weighted by molar-refractivity contribution is 0.248. The fraction of sp³-hybridized carbons (Fsp3) is 1.00. The Morgan fingerprint density at radius 2 is 1.20 bits per heavy atom. The first-order valence-electron chi connectivity index (χ1n) is 4.65. The molecule has 92 valence electrons. The summed E-state index contributed by atoms with van der Waals surface area (Å²) < 4.78 is 23.0. The van der Waals surface area contributed by atoms with Gasteiger partial charge in [0.1, 0.15) is 4.44 Å². The lowest BCUT2D eigenvalue weighted by atomic mass is 10.3. The molecular formula is C9H19F2PS3. The molecule has 0 saturated carbocycles. The van der Waals surface area contributed by atoms with Gasteiger partial charge < -0.3 is 0 Å². The minimum Gasteiger partial charge on any atom is -0.203 e. The smallest absolute Gasteiger partial charge is 0.203 e. The van der Waals surface area contributed by atoms with E-state index in [4.69, 9.17) is 11.8 Å².